The molecule has 17 heavy (non-hydrogen) atoms. The van der Waals surface area contributed by atoms with Gasteiger partial charge in [0.25, 0.3) is 0 Å². The van der Waals surface area contributed by atoms with Gasteiger partial charge >= 0.3 is 5.97 Å². The Morgan fingerprint density at radius 2 is 2.29 bits per heavy atom. The Bertz CT molecular complexity index is 368. The summed E-state index contributed by atoms with van der Waals surface area (Å²) in [6.45, 7) is 2.35. The molecule has 0 aliphatic heterocycles. The number of esters is 1. The van der Waals surface area contributed by atoms with Crippen LogP contribution in [0.25, 0.3) is 0 Å². The van der Waals surface area contributed by atoms with E-state index < -0.39 is 0 Å². The van der Waals surface area contributed by atoms with Crippen LogP contribution in [-0.4, -0.2) is 12.0 Å². The van der Waals surface area contributed by atoms with Crippen molar-refractivity contribution in [3.05, 3.63) is 34.3 Å². The van der Waals surface area contributed by atoms with Crippen molar-refractivity contribution < 1.29 is 9.53 Å². The van der Waals surface area contributed by atoms with Gasteiger partial charge in [-0.3, -0.25) is 4.79 Å². The van der Waals surface area contributed by atoms with Crippen molar-refractivity contribution in [2.75, 3.05) is 0 Å². The van der Waals surface area contributed by atoms with E-state index in [0.717, 1.165) is 22.9 Å². The maximum Gasteiger partial charge on any atom is 0.307 e. The largest absolute Gasteiger partial charge is 0.461 e. The molecule has 1 rings (SSSR count). The molecule has 0 bridgehead atoms. The third-order valence-corrected chi connectivity index (χ3v) is 2.87. The Morgan fingerprint density at radius 1 is 1.53 bits per heavy atom. The van der Waals surface area contributed by atoms with Crippen LogP contribution in [0.3, 0.4) is 0 Å². The summed E-state index contributed by atoms with van der Waals surface area (Å²) in [6.07, 6.45) is 2.13. The third kappa shape index (κ3) is 5.84. The number of rotatable bonds is 6. The summed E-state index contributed by atoms with van der Waals surface area (Å²) in [5.74, 6) is -0.231. The summed E-state index contributed by atoms with van der Waals surface area (Å²) in [4.78, 5) is 11.5. The Balaban J connectivity index is 2.33. The highest BCUT2D eigenvalue weighted by atomic mass is 79.9. The lowest BCUT2D eigenvalue weighted by Crippen LogP contribution is -2.24. The average Bonchev–Trinajstić information content (AvgIpc) is 2.27. The van der Waals surface area contributed by atoms with Crippen LogP contribution in [0.1, 0.15) is 31.7 Å². The Morgan fingerprint density at radius 3 is 2.94 bits per heavy atom. The molecular weight excluding hydrogens is 282 g/mol. The highest BCUT2D eigenvalue weighted by molar-refractivity contribution is 9.10. The molecule has 0 saturated carbocycles. The quantitative estimate of drug-likeness (QED) is 0.822. The average molecular weight is 300 g/mol. The summed E-state index contributed by atoms with van der Waals surface area (Å²) < 4.78 is 6.14. The molecule has 0 saturated heterocycles. The molecule has 2 N–H and O–H groups in total. The molecule has 1 unspecified atom stereocenters. The summed E-state index contributed by atoms with van der Waals surface area (Å²) >= 11 is 3.37. The first-order valence-electron chi connectivity index (χ1n) is 5.77. The second-order valence-electron chi connectivity index (χ2n) is 4.04. The second-order valence-corrected chi connectivity index (χ2v) is 4.96. The normalized spacial score (nSPS) is 12.2. The maximum absolute atomic E-state index is 11.5. The first kappa shape index (κ1) is 14.2. The number of benzene rings is 1. The molecule has 0 aliphatic carbocycles. The van der Waals surface area contributed by atoms with E-state index in [0.29, 0.717) is 13.0 Å². The van der Waals surface area contributed by atoms with Gasteiger partial charge in [-0.05, 0) is 24.1 Å². The minimum absolute atomic E-state index is 0.0880. The minimum Gasteiger partial charge on any atom is -0.461 e. The number of carbonyl (C=O) groups is 1. The lowest BCUT2D eigenvalue weighted by atomic mass is 10.1. The van der Waals surface area contributed by atoms with E-state index in [2.05, 4.69) is 15.9 Å². The van der Waals surface area contributed by atoms with Crippen LogP contribution in [0.5, 0.6) is 0 Å². The lowest BCUT2D eigenvalue weighted by molar-refractivity contribution is -0.145. The fourth-order valence-corrected chi connectivity index (χ4v) is 1.98. The van der Waals surface area contributed by atoms with Gasteiger partial charge in [-0.15, -0.1) is 0 Å². The molecule has 0 heterocycles. The molecule has 0 radical (unpaired) electrons. The van der Waals surface area contributed by atoms with Gasteiger partial charge in [0.1, 0.15) is 6.61 Å². The van der Waals surface area contributed by atoms with Crippen LogP contribution in [0.2, 0.25) is 0 Å². The number of hydrogen-bond donors (Lipinski definition) is 1. The summed E-state index contributed by atoms with van der Waals surface area (Å²) in [6, 6.07) is 7.61. The Hall–Kier alpha value is -0.870. The highest BCUT2D eigenvalue weighted by Gasteiger charge is 2.09. The van der Waals surface area contributed by atoms with Crippen molar-refractivity contribution in [2.45, 2.75) is 38.8 Å². The predicted molar refractivity (Wildman–Crippen MR) is 71.4 cm³/mol. The molecule has 4 heteroatoms. The fourth-order valence-electron chi connectivity index (χ4n) is 1.54. The Labute approximate surface area is 110 Å². The zero-order valence-electron chi connectivity index (χ0n) is 9.99. The number of carbonyl (C=O) groups excluding carboxylic acids is 1. The van der Waals surface area contributed by atoms with Crippen LogP contribution in [0.4, 0.5) is 0 Å². The first-order chi connectivity index (χ1) is 8.11. The van der Waals surface area contributed by atoms with E-state index in [4.69, 9.17) is 10.5 Å². The standard InChI is InChI=1S/C13H18BrNO2/c1-2-4-12(15)8-13(16)17-9-10-5-3-6-11(14)7-10/h3,5-7,12H,2,4,8-9,15H2,1H3. The van der Waals surface area contributed by atoms with Gasteiger partial charge in [-0.1, -0.05) is 41.4 Å². The molecule has 0 amide bonds. The zero-order chi connectivity index (χ0) is 12.7. The minimum atomic E-state index is -0.231. The smallest absolute Gasteiger partial charge is 0.307 e. The topological polar surface area (TPSA) is 52.3 Å². The van der Waals surface area contributed by atoms with Gasteiger partial charge in [-0.25, -0.2) is 0 Å². The fraction of sp³-hybridized carbons (Fsp3) is 0.462. The van der Waals surface area contributed by atoms with Crippen LogP contribution < -0.4 is 5.73 Å². The molecule has 0 fully saturated rings. The molecule has 0 aromatic heterocycles. The van der Waals surface area contributed by atoms with Gasteiger partial charge in [0.2, 0.25) is 0 Å². The molecule has 0 aliphatic rings. The van der Waals surface area contributed by atoms with E-state index in [1.165, 1.54) is 0 Å². The molecule has 3 nitrogen and oxygen atoms in total. The van der Waals surface area contributed by atoms with Crippen molar-refractivity contribution in [1.29, 1.82) is 0 Å². The van der Waals surface area contributed by atoms with Crippen LogP contribution in [-0.2, 0) is 16.1 Å². The van der Waals surface area contributed by atoms with Crippen molar-refractivity contribution in [3.8, 4) is 0 Å². The monoisotopic (exact) mass is 299 g/mol. The van der Waals surface area contributed by atoms with Crippen molar-refractivity contribution >= 4 is 21.9 Å². The van der Waals surface area contributed by atoms with Crippen molar-refractivity contribution in [2.24, 2.45) is 5.73 Å². The maximum atomic E-state index is 11.5. The van der Waals surface area contributed by atoms with Gasteiger partial charge in [0.05, 0.1) is 6.42 Å². The van der Waals surface area contributed by atoms with E-state index in [1.54, 1.807) is 0 Å². The second kappa shape index (κ2) is 7.45. The van der Waals surface area contributed by atoms with Gasteiger partial charge in [-0.2, -0.15) is 0 Å². The van der Waals surface area contributed by atoms with E-state index >= 15 is 0 Å². The van der Waals surface area contributed by atoms with Gasteiger partial charge in [0, 0.05) is 10.5 Å². The molecular formula is C13H18BrNO2. The molecule has 1 aromatic carbocycles. The van der Waals surface area contributed by atoms with Crippen molar-refractivity contribution in [3.63, 3.8) is 0 Å². The first-order valence-corrected chi connectivity index (χ1v) is 6.56. The number of ether oxygens (including phenoxy) is 1. The van der Waals surface area contributed by atoms with Gasteiger partial charge in [0.15, 0.2) is 0 Å². The zero-order valence-corrected chi connectivity index (χ0v) is 11.6. The van der Waals surface area contributed by atoms with Crippen LogP contribution >= 0.6 is 15.9 Å². The highest BCUT2D eigenvalue weighted by Crippen LogP contribution is 2.12. The number of nitrogens with two attached hydrogens (primary N) is 1. The molecule has 94 valence electrons. The molecule has 0 spiro atoms. The lowest BCUT2D eigenvalue weighted by Gasteiger charge is -2.10. The Kier molecular flexibility index (Phi) is 6.22. The van der Waals surface area contributed by atoms with E-state index in [1.807, 2.05) is 31.2 Å². The number of halogens is 1. The summed E-state index contributed by atoms with van der Waals surface area (Å²) in [5, 5.41) is 0. The van der Waals surface area contributed by atoms with Crippen LogP contribution in [0.15, 0.2) is 28.7 Å². The van der Waals surface area contributed by atoms with E-state index in [9.17, 15) is 4.79 Å². The van der Waals surface area contributed by atoms with E-state index in [-0.39, 0.29) is 12.0 Å². The van der Waals surface area contributed by atoms with Crippen molar-refractivity contribution in [1.82, 2.24) is 0 Å². The van der Waals surface area contributed by atoms with Crippen LogP contribution in [0, 0.1) is 0 Å². The SMILES string of the molecule is CCCC(N)CC(=O)OCc1cccc(Br)c1. The summed E-state index contributed by atoms with van der Waals surface area (Å²) in [5.41, 5.74) is 6.74. The summed E-state index contributed by atoms with van der Waals surface area (Å²) in [7, 11) is 0. The predicted octanol–water partition coefficient (Wildman–Crippen LogP) is 3.01. The third-order valence-electron chi connectivity index (χ3n) is 2.38. The molecule has 1 aromatic rings. The van der Waals surface area contributed by atoms with Gasteiger partial charge < -0.3 is 10.5 Å². The molecule has 1 atom stereocenters. The number of hydrogen-bond acceptors (Lipinski definition) is 3.